The highest BCUT2D eigenvalue weighted by molar-refractivity contribution is 7.98. The van der Waals surface area contributed by atoms with Gasteiger partial charge in [-0.15, -0.1) is 0 Å². The molecule has 0 spiro atoms. The zero-order valence-corrected chi connectivity index (χ0v) is 19.3. The molecule has 0 unspecified atom stereocenters. The zero-order chi connectivity index (χ0) is 21.4. The molecule has 0 aromatic heterocycles. The Bertz CT molecular complexity index is 949. The lowest BCUT2D eigenvalue weighted by Crippen LogP contribution is -2.41. The van der Waals surface area contributed by atoms with Crippen LogP contribution < -0.4 is 9.62 Å². The second-order valence-corrected chi connectivity index (χ2v) is 10.3. The van der Waals surface area contributed by atoms with Gasteiger partial charge in [0.2, 0.25) is 15.9 Å². The monoisotopic (exact) mass is 454 g/mol. The van der Waals surface area contributed by atoms with Gasteiger partial charge in [-0.3, -0.25) is 9.10 Å². The van der Waals surface area contributed by atoms with Crippen molar-refractivity contribution in [3.63, 3.8) is 0 Å². The van der Waals surface area contributed by atoms with Crippen molar-refractivity contribution in [3.05, 3.63) is 64.2 Å². The van der Waals surface area contributed by atoms with Crippen molar-refractivity contribution in [2.45, 2.75) is 26.0 Å². The van der Waals surface area contributed by atoms with Gasteiger partial charge >= 0.3 is 0 Å². The molecule has 0 fully saturated rings. The normalized spacial score (nSPS) is 11.3. The number of anilines is 1. The Morgan fingerprint density at radius 2 is 1.90 bits per heavy atom. The maximum absolute atomic E-state index is 12.3. The van der Waals surface area contributed by atoms with Crippen LogP contribution in [0.5, 0.6) is 0 Å². The number of thioether (sulfide) groups is 1. The van der Waals surface area contributed by atoms with E-state index in [9.17, 15) is 13.2 Å². The minimum atomic E-state index is -3.57. The summed E-state index contributed by atoms with van der Waals surface area (Å²) in [5.41, 5.74) is 3.39. The fourth-order valence-electron chi connectivity index (χ4n) is 2.76. The van der Waals surface area contributed by atoms with Crippen LogP contribution in [0.4, 0.5) is 5.69 Å². The van der Waals surface area contributed by atoms with Gasteiger partial charge < -0.3 is 5.32 Å². The molecule has 1 N–H and O–H groups in total. The number of carbonyl (C=O) groups is 1. The summed E-state index contributed by atoms with van der Waals surface area (Å²) in [6, 6.07) is 13.3. The predicted octanol–water partition coefficient (Wildman–Crippen LogP) is 4.16. The second kappa shape index (κ2) is 10.9. The summed E-state index contributed by atoms with van der Waals surface area (Å²) in [4.78, 5) is 12.3. The first kappa shape index (κ1) is 23.6. The van der Waals surface area contributed by atoms with Crippen molar-refractivity contribution in [1.82, 2.24) is 5.32 Å². The Hall–Kier alpha value is -1.70. The molecule has 0 aliphatic rings. The standard InChI is InChI=1S/C21H27ClN2O3S2/c1-16-9-10-17(2)20(13-16)24(29(3,26)27)14-21(25)23-11-6-12-28-15-18-7-4-5-8-19(18)22/h4-5,7-10,13H,6,11-12,14-15H2,1-3H3,(H,23,25). The number of rotatable bonds is 10. The average molecular weight is 455 g/mol. The summed E-state index contributed by atoms with van der Waals surface area (Å²) >= 11 is 7.89. The Morgan fingerprint density at radius 1 is 1.17 bits per heavy atom. The quantitative estimate of drug-likeness (QED) is 0.547. The van der Waals surface area contributed by atoms with E-state index in [2.05, 4.69) is 5.32 Å². The Labute approximate surface area is 182 Å². The van der Waals surface area contributed by atoms with Gasteiger partial charge in [0.15, 0.2) is 0 Å². The van der Waals surface area contributed by atoms with Gasteiger partial charge in [-0.2, -0.15) is 11.8 Å². The lowest BCUT2D eigenvalue weighted by molar-refractivity contribution is -0.119. The van der Waals surface area contributed by atoms with E-state index in [1.807, 2.05) is 50.2 Å². The molecule has 5 nitrogen and oxygen atoms in total. The van der Waals surface area contributed by atoms with Crippen LogP contribution in [0.15, 0.2) is 42.5 Å². The molecule has 0 saturated carbocycles. The smallest absolute Gasteiger partial charge is 0.240 e. The summed E-state index contributed by atoms with van der Waals surface area (Å²) < 4.78 is 25.6. The van der Waals surface area contributed by atoms with Crippen molar-refractivity contribution < 1.29 is 13.2 Å². The van der Waals surface area contributed by atoms with Gasteiger partial charge in [-0.25, -0.2) is 8.42 Å². The first-order chi connectivity index (χ1) is 13.7. The van der Waals surface area contributed by atoms with E-state index in [1.54, 1.807) is 17.8 Å². The Balaban J connectivity index is 1.82. The van der Waals surface area contributed by atoms with Crippen LogP contribution in [0.2, 0.25) is 5.02 Å². The molecule has 2 aromatic rings. The highest BCUT2D eigenvalue weighted by atomic mass is 35.5. The molecule has 158 valence electrons. The topological polar surface area (TPSA) is 66.5 Å². The van der Waals surface area contributed by atoms with Crippen molar-refractivity contribution >= 4 is 45.0 Å². The second-order valence-electron chi connectivity index (χ2n) is 6.91. The molecule has 0 aliphatic carbocycles. The summed E-state index contributed by atoms with van der Waals surface area (Å²) in [7, 11) is -3.57. The lowest BCUT2D eigenvalue weighted by Gasteiger charge is -2.24. The van der Waals surface area contributed by atoms with Crippen molar-refractivity contribution in [3.8, 4) is 0 Å². The molecule has 0 bridgehead atoms. The first-order valence-corrected chi connectivity index (χ1v) is 12.7. The van der Waals surface area contributed by atoms with E-state index in [0.29, 0.717) is 12.2 Å². The number of aryl methyl sites for hydroxylation is 2. The van der Waals surface area contributed by atoms with E-state index in [-0.39, 0.29) is 12.5 Å². The maximum Gasteiger partial charge on any atom is 0.240 e. The molecule has 1 amide bonds. The third-order valence-corrected chi connectivity index (χ3v) is 6.91. The van der Waals surface area contributed by atoms with Crippen LogP contribution in [-0.2, 0) is 20.6 Å². The molecule has 0 heterocycles. The fraction of sp³-hybridized carbons (Fsp3) is 0.381. The van der Waals surface area contributed by atoms with E-state index in [4.69, 9.17) is 11.6 Å². The number of halogens is 1. The summed E-state index contributed by atoms with van der Waals surface area (Å²) in [6.45, 7) is 4.00. The van der Waals surface area contributed by atoms with Crippen LogP contribution in [0.25, 0.3) is 0 Å². The first-order valence-electron chi connectivity index (χ1n) is 9.31. The molecule has 0 atom stereocenters. The number of benzene rings is 2. The number of nitrogens with one attached hydrogen (secondary N) is 1. The van der Waals surface area contributed by atoms with Crippen LogP contribution in [0.3, 0.4) is 0 Å². The molecule has 0 saturated heterocycles. The van der Waals surface area contributed by atoms with Crippen molar-refractivity contribution in [1.29, 1.82) is 0 Å². The number of amides is 1. The van der Waals surface area contributed by atoms with Gasteiger partial charge in [-0.05, 0) is 54.8 Å². The SMILES string of the molecule is Cc1ccc(C)c(N(CC(=O)NCCCSCc2ccccc2Cl)S(C)(=O)=O)c1. The van der Waals surface area contributed by atoms with Crippen molar-refractivity contribution in [2.24, 2.45) is 0 Å². The molecule has 0 radical (unpaired) electrons. The minimum Gasteiger partial charge on any atom is -0.354 e. The van der Waals surface area contributed by atoms with Gasteiger partial charge in [0, 0.05) is 17.3 Å². The van der Waals surface area contributed by atoms with Crippen LogP contribution in [0, 0.1) is 13.8 Å². The number of carbonyl (C=O) groups excluding carboxylic acids is 1. The number of hydrogen-bond donors (Lipinski definition) is 1. The molecule has 2 rings (SSSR count). The zero-order valence-electron chi connectivity index (χ0n) is 16.9. The maximum atomic E-state index is 12.3. The summed E-state index contributed by atoms with van der Waals surface area (Å²) in [5.74, 6) is 1.38. The molecule has 29 heavy (non-hydrogen) atoms. The fourth-order valence-corrected chi connectivity index (χ4v) is 4.91. The van der Waals surface area contributed by atoms with Crippen LogP contribution in [-0.4, -0.2) is 39.4 Å². The molecule has 2 aromatic carbocycles. The highest BCUT2D eigenvalue weighted by Gasteiger charge is 2.22. The third-order valence-electron chi connectivity index (χ3n) is 4.32. The largest absolute Gasteiger partial charge is 0.354 e. The van der Waals surface area contributed by atoms with Gasteiger partial charge in [-0.1, -0.05) is 41.9 Å². The molecule has 0 aliphatic heterocycles. The van der Waals surface area contributed by atoms with Gasteiger partial charge in [0.25, 0.3) is 0 Å². The predicted molar refractivity (Wildman–Crippen MR) is 123 cm³/mol. The van der Waals surface area contributed by atoms with E-state index < -0.39 is 10.0 Å². The van der Waals surface area contributed by atoms with E-state index in [0.717, 1.165) is 50.2 Å². The lowest BCUT2D eigenvalue weighted by atomic mass is 10.1. The molecular formula is C21H27ClN2O3S2. The van der Waals surface area contributed by atoms with Gasteiger partial charge in [0.1, 0.15) is 6.54 Å². The minimum absolute atomic E-state index is 0.226. The molecule has 8 heteroatoms. The number of nitrogens with zero attached hydrogens (tertiary/aromatic N) is 1. The van der Waals surface area contributed by atoms with Crippen molar-refractivity contribution in [2.75, 3.05) is 29.4 Å². The molecular weight excluding hydrogens is 428 g/mol. The van der Waals surface area contributed by atoms with Crippen LogP contribution in [0.1, 0.15) is 23.1 Å². The van der Waals surface area contributed by atoms with E-state index >= 15 is 0 Å². The number of sulfonamides is 1. The Morgan fingerprint density at radius 3 is 2.59 bits per heavy atom. The van der Waals surface area contributed by atoms with Gasteiger partial charge in [0.05, 0.1) is 11.9 Å². The Kier molecular flexibility index (Phi) is 8.86. The number of hydrogen-bond acceptors (Lipinski definition) is 4. The van der Waals surface area contributed by atoms with E-state index in [1.165, 1.54) is 0 Å². The van der Waals surface area contributed by atoms with Crippen LogP contribution >= 0.6 is 23.4 Å². The average Bonchev–Trinajstić information content (AvgIpc) is 2.65. The third kappa shape index (κ3) is 7.57. The summed E-state index contributed by atoms with van der Waals surface area (Å²) in [5, 5.41) is 3.58. The highest BCUT2D eigenvalue weighted by Crippen LogP contribution is 2.24. The summed E-state index contributed by atoms with van der Waals surface area (Å²) in [6.07, 6.45) is 1.91.